The second-order valence-corrected chi connectivity index (χ2v) is 7.40. The average Bonchev–Trinajstić information content (AvgIpc) is 2.70. The normalized spacial score (nSPS) is 11.3. The van der Waals surface area contributed by atoms with Crippen molar-refractivity contribution in [3.8, 4) is 17.4 Å². The lowest BCUT2D eigenvalue weighted by molar-refractivity contribution is -0.131. The van der Waals surface area contributed by atoms with Crippen molar-refractivity contribution in [2.75, 3.05) is 0 Å². The van der Waals surface area contributed by atoms with Gasteiger partial charge in [0.25, 0.3) is 0 Å². The summed E-state index contributed by atoms with van der Waals surface area (Å²) in [5, 5.41) is 9.92. The largest absolute Gasteiger partial charge is 0.487 e. The summed E-state index contributed by atoms with van der Waals surface area (Å²) in [6.45, 7) is 3.87. The number of ether oxygens (including phenoxy) is 2. The molecule has 3 rings (SSSR count). The standard InChI is InChI=1S/C23H19Cl2NO4/c1-14(10-22(27)28)17-9-15(2)23(20(25)11-17)30-21-8-7-18(12-26-21)29-13-16-5-3-4-6-19(16)24/h3-12H,13H2,1-2H3,(H,27,28)/b14-10-. The van der Waals surface area contributed by atoms with E-state index in [1.54, 1.807) is 31.3 Å². The number of allylic oxidation sites excluding steroid dienone is 1. The fourth-order valence-corrected chi connectivity index (χ4v) is 3.25. The molecule has 0 bridgehead atoms. The van der Waals surface area contributed by atoms with Gasteiger partial charge in [0.15, 0.2) is 5.75 Å². The van der Waals surface area contributed by atoms with Crippen molar-refractivity contribution in [1.29, 1.82) is 0 Å². The Morgan fingerprint density at radius 1 is 1.13 bits per heavy atom. The van der Waals surface area contributed by atoms with Crippen LogP contribution in [-0.2, 0) is 11.4 Å². The van der Waals surface area contributed by atoms with E-state index in [1.807, 2.05) is 37.3 Å². The molecule has 1 N–H and O–H groups in total. The van der Waals surface area contributed by atoms with Crippen LogP contribution in [0.5, 0.6) is 17.4 Å². The van der Waals surface area contributed by atoms with E-state index < -0.39 is 5.97 Å². The minimum atomic E-state index is -1.01. The van der Waals surface area contributed by atoms with E-state index in [2.05, 4.69) is 4.98 Å². The summed E-state index contributed by atoms with van der Waals surface area (Å²) < 4.78 is 11.6. The molecule has 7 heteroatoms. The number of aryl methyl sites for hydroxylation is 1. The Hall–Kier alpha value is -3.02. The Bertz CT molecular complexity index is 1070. The molecule has 0 unspecified atom stereocenters. The summed E-state index contributed by atoms with van der Waals surface area (Å²) in [4.78, 5) is 15.1. The van der Waals surface area contributed by atoms with E-state index in [0.29, 0.717) is 45.2 Å². The van der Waals surface area contributed by atoms with Gasteiger partial charge in [-0.15, -0.1) is 0 Å². The summed E-state index contributed by atoms with van der Waals surface area (Å²) in [6.07, 6.45) is 2.69. The van der Waals surface area contributed by atoms with Gasteiger partial charge in [-0.1, -0.05) is 41.4 Å². The van der Waals surface area contributed by atoms with Crippen molar-refractivity contribution in [1.82, 2.24) is 4.98 Å². The van der Waals surface area contributed by atoms with Gasteiger partial charge in [0.1, 0.15) is 12.4 Å². The van der Waals surface area contributed by atoms with Crippen LogP contribution in [0.2, 0.25) is 10.0 Å². The predicted molar refractivity (Wildman–Crippen MR) is 118 cm³/mol. The molecule has 2 aromatic carbocycles. The van der Waals surface area contributed by atoms with Gasteiger partial charge in [0, 0.05) is 22.7 Å². The van der Waals surface area contributed by atoms with Crippen LogP contribution < -0.4 is 9.47 Å². The highest BCUT2D eigenvalue weighted by atomic mass is 35.5. The maximum Gasteiger partial charge on any atom is 0.328 e. The number of hydrogen-bond acceptors (Lipinski definition) is 4. The Morgan fingerprint density at radius 2 is 1.90 bits per heavy atom. The number of carbonyl (C=O) groups is 1. The molecule has 0 radical (unpaired) electrons. The molecular weight excluding hydrogens is 425 g/mol. The molecule has 5 nitrogen and oxygen atoms in total. The van der Waals surface area contributed by atoms with Gasteiger partial charge in [0.2, 0.25) is 5.88 Å². The van der Waals surface area contributed by atoms with E-state index in [1.165, 1.54) is 0 Å². The highest BCUT2D eigenvalue weighted by molar-refractivity contribution is 6.32. The van der Waals surface area contributed by atoms with Crippen LogP contribution >= 0.6 is 23.2 Å². The number of carboxylic acids is 1. The van der Waals surface area contributed by atoms with E-state index in [-0.39, 0.29) is 0 Å². The zero-order chi connectivity index (χ0) is 21.7. The molecule has 0 saturated carbocycles. The van der Waals surface area contributed by atoms with Crippen molar-refractivity contribution in [3.63, 3.8) is 0 Å². The van der Waals surface area contributed by atoms with Gasteiger partial charge in [-0.25, -0.2) is 9.78 Å². The first-order valence-electron chi connectivity index (χ1n) is 9.05. The highest BCUT2D eigenvalue weighted by Gasteiger charge is 2.12. The van der Waals surface area contributed by atoms with Crippen molar-refractivity contribution < 1.29 is 19.4 Å². The van der Waals surface area contributed by atoms with Gasteiger partial charge in [0.05, 0.1) is 11.2 Å². The highest BCUT2D eigenvalue weighted by Crippen LogP contribution is 2.35. The van der Waals surface area contributed by atoms with Crippen LogP contribution in [0.15, 0.2) is 60.8 Å². The first kappa shape index (κ1) is 21.7. The van der Waals surface area contributed by atoms with Crippen LogP contribution in [0.3, 0.4) is 0 Å². The van der Waals surface area contributed by atoms with Crippen LogP contribution in [0, 0.1) is 6.92 Å². The van der Waals surface area contributed by atoms with Crippen molar-refractivity contribution >= 4 is 34.7 Å². The van der Waals surface area contributed by atoms with Gasteiger partial charge in [-0.3, -0.25) is 0 Å². The lowest BCUT2D eigenvalue weighted by Gasteiger charge is -2.13. The summed E-state index contributed by atoms with van der Waals surface area (Å²) in [7, 11) is 0. The fraction of sp³-hybridized carbons (Fsp3) is 0.130. The zero-order valence-electron chi connectivity index (χ0n) is 16.4. The molecular formula is C23H19Cl2NO4. The van der Waals surface area contributed by atoms with Gasteiger partial charge in [-0.05, 0) is 54.8 Å². The maximum absolute atomic E-state index is 10.9. The van der Waals surface area contributed by atoms with Crippen molar-refractivity contribution in [2.24, 2.45) is 0 Å². The van der Waals surface area contributed by atoms with Crippen LogP contribution in [0.1, 0.15) is 23.6 Å². The van der Waals surface area contributed by atoms with Crippen LogP contribution in [0.25, 0.3) is 5.57 Å². The monoisotopic (exact) mass is 443 g/mol. The molecule has 0 saturated heterocycles. The Kier molecular flexibility index (Phi) is 6.98. The molecule has 0 atom stereocenters. The summed E-state index contributed by atoms with van der Waals surface area (Å²) >= 11 is 12.5. The molecule has 154 valence electrons. The topological polar surface area (TPSA) is 68.7 Å². The molecule has 0 fully saturated rings. The third-order valence-corrected chi connectivity index (χ3v) is 4.94. The predicted octanol–water partition coefficient (Wildman–Crippen LogP) is 6.56. The Morgan fingerprint density at radius 3 is 2.53 bits per heavy atom. The first-order chi connectivity index (χ1) is 14.3. The van der Waals surface area contributed by atoms with Crippen molar-refractivity contribution in [2.45, 2.75) is 20.5 Å². The lowest BCUT2D eigenvalue weighted by atomic mass is 10.0. The number of benzene rings is 2. The number of aromatic nitrogens is 1. The molecule has 1 heterocycles. The quantitative estimate of drug-likeness (QED) is 0.418. The number of hydrogen-bond donors (Lipinski definition) is 1. The van der Waals surface area contributed by atoms with E-state index in [4.69, 9.17) is 37.8 Å². The number of carboxylic acid groups (broad SMARTS) is 1. The van der Waals surface area contributed by atoms with Crippen molar-refractivity contribution in [3.05, 3.63) is 87.5 Å². The van der Waals surface area contributed by atoms with E-state index >= 15 is 0 Å². The van der Waals surface area contributed by atoms with Gasteiger partial charge < -0.3 is 14.6 Å². The first-order valence-corrected chi connectivity index (χ1v) is 9.81. The number of aliphatic carboxylic acids is 1. The average molecular weight is 444 g/mol. The van der Waals surface area contributed by atoms with Crippen LogP contribution in [0.4, 0.5) is 0 Å². The number of rotatable bonds is 7. The zero-order valence-corrected chi connectivity index (χ0v) is 17.9. The van der Waals surface area contributed by atoms with Gasteiger partial charge >= 0.3 is 5.97 Å². The van der Waals surface area contributed by atoms with E-state index in [9.17, 15) is 4.79 Å². The SMILES string of the molecule is C/C(=C/C(=O)O)c1cc(C)c(Oc2ccc(OCc3ccccc3Cl)cn2)c(Cl)c1. The maximum atomic E-state index is 10.9. The third kappa shape index (κ3) is 5.53. The van der Waals surface area contributed by atoms with Crippen LogP contribution in [-0.4, -0.2) is 16.1 Å². The third-order valence-electron chi connectivity index (χ3n) is 4.29. The lowest BCUT2D eigenvalue weighted by Crippen LogP contribution is -1.97. The number of nitrogens with zero attached hydrogens (tertiary/aromatic N) is 1. The summed E-state index contributed by atoms with van der Waals surface area (Å²) in [5.74, 6) is 0.383. The molecule has 3 aromatic rings. The molecule has 0 amide bonds. The number of pyridine rings is 1. The van der Waals surface area contributed by atoms with Gasteiger partial charge in [-0.2, -0.15) is 0 Å². The molecule has 0 spiro atoms. The second kappa shape index (κ2) is 9.65. The minimum absolute atomic E-state index is 0.331. The smallest absolute Gasteiger partial charge is 0.328 e. The summed E-state index contributed by atoms with van der Waals surface area (Å²) in [6, 6.07) is 14.4. The molecule has 30 heavy (non-hydrogen) atoms. The minimum Gasteiger partial charge on any atom is -0.487 e. The summed E-state index contributed by atoms with van der Waals surface area (Å²) in [5.41, 5.74) is 2.95. The Balaban J connectivity index is 1.71. The molecule has 0 aliphatic heterocycles. The van der Waals surface area contributed by atoms with E-state index in [0.717, 1.165) is 17.2 Å². The molecule has 0 aliphatic rings. The number of halogens is 2. The molecule has 0 aliphatic carbocycles. The Labute approximate surface area is 184 Å². The molecule has 1 aromatic heterocycles. The second-order valence-electron chi connectivity index (χ2n) is 6.58. The fourth-order valence-electron chi connectivity index (χ4n) is 2.75.